The molecule has 0 aliphatic rings. The smallest absolute Gasteiger partial charge is 0.258 e. The van der Waals surface area contributed by atoms with Gasteiger partial charge in [-0.2, -0.15) is 5.48 Å². The van der Waals surface area contributed by atoms with Crippen LogP contribution in [0.1, 0.15) is 0 Å². The molecule has 0 saturated carbocycles. The zero-order chi connectivity index (χ0) is 11.1. The third-order valence-corrected chi connectivity index (χ3v) is 3.04. The van der Waals surface area contributed by atoms with Gasteiger partial charge in [-0.1, -0.05) is 18.2 Å². The van der Waals surface area contributed by atoms with E-state index >= 15 is 0 Å². The molecule has 1 unspecified atom stereocenters. The van der Waals surface area contributed by atoms with Gasteiger partial charge in [-0.05, 0) is 12.1 Å². The second-order valence-corrected chi connectivity index (χ2v) is 5.69. The molecule has 0 aliphatic heterocycles. The number of hydrogen-bond donors (Lipinski definition) is 3. The quantitative estimate of drug-likeness (QED) is 0.298. The second-order valence-electron chi connectivity index (χ2n) is 3.16. The molecular weight excluding hydrogens is 215 g/mol. The van der Waals surface area contributed by atoms with Crippen LogP contribution in [0.15, 0.2) is 30.3 Å². The first-order valence-corrected chi connectivity index (χ1v) is 6.78. The van der Waals surface area contributed by atoms with Crippen molar-refractivity contribution in [1.82, 2.24) is 10.8 Å². The Morgan fingerprint density at radius 1 is 1.40 bits per heavy atom. The molecule has 3 N–H and O–H groups in total. The van der Waals surface area contributed by atoms with Crippen molar-refractivity contribution in [2.75, 3.05) is 19.6 Å². The fraction of sp³-hybridized carbons (Fsp3) is 0.333. The highest BCUT2D eigenvalue weighted by Gasteiger charge is 2.16. The van der Waals surface area contributed by atoms with Crippen LogP contribution in [0.25, 0.3) is 0 Å². The molecule has 0 amide bonds. The average molecular weight is 230 g/mol. The van der Waals surface area contributed by atoms with E-state index in [-0.39, 0.29) is 13.0 Å². The van der Waals surface area contributed by atoms with Crippen LogP contribution < -0.4 is 15.3 Å². The van der Waals surface area contributed by atoms with Crippen molar-refractivity contribution in [1.29, 1.82) is 0 Å². The highest BCUT2D eigenvalue weighted by Crippen LogP contribution is 2.41. The predicted molar refractivity (Wildman–Crippen MR) is 58.4 cm³/mol. The standard InChI is InChI=1S/C9H15N2O3P/c1-15(13,8-10-7-11-12)14-9-5-3-2-4-6-9/h2-6,10-12H,7-8H2,1H3. The molecule has 0 saturated heterocycles. The summed E-state index contributed by atoms with van der Waals surface area (Å²) in [7, 11) is -2.71. The Labute approximate surface area is 88.9 Å². The topological polar surface area (TPSA) is 70.6 Å². The van der Waals surface area contributed by atoms with Gasteiger partial charge in [0.1, 0.15) is 5.75 Å². The first kappa shape index (κ1) is 12.2. The van der Waals surface area contributed by atoms with Crippen molar-refractivity contribution in [3.63, 3.8) is 0 Å². The maximum absolute atomic E-state index is 11.9. The lowest BCUT2D eigenvalue weighted by molar-refractivity contribution is 0.160. The van der Waals surface area contributed by atoms with Gasteiger partial charge in [0.05, 0.1) is 13.0 Å². The van der Waals surface area contributed by atoms with Gasteiger partial charge in [-0.25, -0.2) is 0 Å². The Bertz CT molecular complexity index is 331. The van der Waals surface area contributed by atoms with E-state index in [4.69, 9.17) is 9.73 Å². The Morgan fingerprint density at radius 2 is 2.07 bits per heavy atom. The van der Waals surface area contributed by atoms with E-state index in [1.807, 2.05) is 23.7 Å². The lowest BCUT2D eigenvalue weighted by atomic mass is 10.3. The van der Waals surface area contributed by atoms with Crippen molar-refractivity contribution < 1.29 is 14.3 Å². The van der Waals surface area contributed by atoms with Crippen LogP contribution in [0.2, 0.25) is 0 Å². The summed E-state index contributed by atoms with van der Waals surface area (Å²) < 4.78 is 17.2. The lowest BCUT2D eigenvalue weighted by Crippen LogP contribution is -2.27. The average Bonchev–Trinajstić information content (AvgIpc) is 2.18. The van der Waals surface area contributed by atoms with Crippen molar-refractivity contribution >= 4 is 7.37 Å². The van der Waals surface area contributed by atoms with Crippen molar-refractivity contribution in [2.24, 2.45) is 0 Å². The molecule has 1 atom stereocenters. The minimum atomic E-state index is -2.71. The number of hydroxylamine groups is 1. The Balaban J connectivity index is 2.46. The zero-order valence-electron chi connectivity index (χ0n) is 8.51. The van der Waals surface area contributed by atoms with Gasteiger partial charge in [0.2, 0.25) is 0 Å². The summed E-state index contributed by atoms with van der Waals surface area (Å²) in [5.74, 6) is 0.585. The molecule has 15 heavy (non-hydrogen) atoms. The third kappa shape index (κ3) is 4.95. The SMILES string of the molecule is CP(=O)(CNCNO)Oc1ccccc1. The highest BCUT2D eigenvalue weighted by molar-refractivity contribution is 7.58. The van der Waals surface area contributed by atoms with Crippen LogP contribution in [-0.2, 0) is 4.57 Å². The second kappa shape index (κ2) is 5.88. The van der Waals surface area contributed by atoms with Crippen LogP contribution in [0.4, 0.5) is 0 Å². The molecular formula is C9H15N2O3P. The summed E-state index contributed by atoms with van der Waals surface area (Å²) >= 11 is 0. The first-order valence-electron chi connectivity index (χ1n) is 4.53. The fourth-order valence-electron chi connectivity index (χ4n) is 1.05. The van der Waals surface area contributed by atoms with E-state index in [2.05, 4.69) is 5.32 Å². The number of rotatable bonds is 6. The Morgan fingerprint density at radius 3 is 2.67 bits per heavy atom. The predicted octanol–water partition coefficient (Wildman–Crippen LogP) is 1.46. The van der Waals surface area contributed by atoms with Gasteiger partial charge in [0.15, 0.2) is 0 Å². The van der Waals surface area contributed by atoms with Crippen LogP contribution in [0.3, 0.4) is 0 Å². The van der Waals surface area contributed by atoms with Gasteiger partial charge in [0, 0.05) is 6.66 Å². The number of hydrogen-bond acceptors (Lipinski definition) is 5. The van der Waals surface area contributed by atoms with Crippen molar-refractivity contribution in [2.45, 2.75) is 0 Å². The molecule has 84 valence electrons. The maximum Gasteiger partial charge on any atom is 0.258 e. The van der Waals surface area contributed by atoms with Crippen molar-refractivity contribution in [3.8, 4) is 5.75 Å². The molecule has 0 fully saturated rings. The van der Waals surface area contributed by atoms with Gasteiger partial charge in [0.25, 0.3) is 7.37 Å². The summed E-state index contributed by atoms with van der Waals surface area (Å²) in [6.45, 7) is 1.72. The molecule has 1 rings (SSSR count). The minimum absolute atomic E-state index is 0.177. The lowest BCUT2D eigenvalue weighted by Gasteiger charge is -2.15. The highest BCUT2D eigenvalue weighted by atomic mass is 31.2. The van der Waals surface area contributed by atoms with E-state index in [0.717, 1.165) is 0 Å². The summed E-state index contributed by atoms with van der Waals surface area (Å²) in [6, 6.07) is 9.00. The molecule has 1 aromatic carbocycles. The summed E-state index contributed by atoms with van der Waals surface area (Å²) in [5.41, 5.74) is 1.92. The summed E-state index contributed by atoms with van der Waals surface area (Å²) in [4.78, 5) is 0. The largest absolute Gasteiger partial charge is 0.442 e. The monoisotopic (exact) mass is 230 g/mol. The van der Waals surface area contributed by atoms with Crippen LogP contribution in [-0.4, -0.2) is 24.8 Å². The number of benzene rings is 1. The van der Waals surface area contributed by atoms with Crippen molar-refractivity contribution in [3.05, 3.63) is 30.3 Å². The molecule has 0 heterocycles. The number of nitrogens with one attached hydrogen (secondary N) is 2. The molecule has 0 bridgehead atoms. The van der Waals surface area contributed by atoms with E-state index in [0.29, 0.717) is 5.75 Å². The molecule has 0 spiro atoms. The Kier molecular flexibility index (Phi) is 4.78. The molecule has 6 heteroatoms. The normalized spacial score (nSPS) is 14.5. The van der Waals surface area contributed by atoms with E-state index in [1.165, 1.54) is 0 Å². The van der Waals surface area contributed by atoms with E-state index < -0.39 is 7.37 Å². The van der Waals surface area contributed by atoms with Crippen LogP contribution in [0.5, 0.6) is 5.75 Å². The molecule has 0 radical (unpaired) electrons. The van der Waals surface area contributed by atoms with Crippen LogP contribution >= 0.6 is 7.37 Å². The van der Waals surface area contributed by atoms with Gasteiger partial charge in [-0.3, -0.25) is 9.88 Å². The zero-order valence-corrected chi connectivity index (χ0v) is 9.41. The van der Waals surface area contributed by atoms with Crippen LogP contribution in [0, 0.1) is 0 Å². The van der Waals surface area contributed by atoms with Gasteiger partial charge in [-0.15, -0.1) is 0 Å². The van der Waals surface area contributed by atoms with Gasteiger partial charge >= 0.3 is 0 Å². The van der Waals surface area contributed by atoms with Gasteiger partial charge < -0.3 is 9.73 Å². The summed E-state index contributed by atoms with van der Waals surface area (Å²) in [6.07, 6.45) is 0.204. The fourth-order valence-corrected chi connectivity index (χ4v) is 2.20. The third-order valence-electron chi connectivity index (χ3n) is 1.64. The Hall–Kier alpha value is -0.870. The molecule has 1 aromatic rings. The molecule has 0 aromatic heterocycles. The number of para-hydroxylation sites is 1. The van der Waals surface area contributed by atoms with E-state index in [1.54, 1.807) is 18.8 Å². The van der Waals surface area contributed by atoms with E-state index in [9.17, 15) is 4.57 Å². The minimum Gasteiger partial charge on any atom is -0.442 e. The molecule has 5 nitrogen and oxygen atoms in total. The maximum atomic E-state index is 11.9. The molecule has 0 aliphatic carbocycles. The first-order chi connectivity index (χ1) is 7.14. The summed E-state index contributed by atoms with van der Waals surface area (Å²) in [5, 5.41) is 11.1.